The quantitative estimate of drug-likeness (QED) is 0.299. The Kier molecular flexibility index (Phi) is 9.26. The fourth-order valence-electron chi connectivity index (χ4n) is 3.09. The van der Waals surface area contributed by atoms with Crippen LogP contribution in [0.5, 0.6) is 0 Å². The van der Waals surface area contributed by atoms with Gasteiger partial charge in [-0.2, -0.15) is 0 Å². The van der Waals surface area contributed by atoms with E-state index in [0.29, 0.717) is 0 Å². The van der Waals surface area contributed by atoms with E-state index in [0.717, 1.165) is 24.5 Å². The number of allylic oxidation sites excluding steroid dienone is 1. The molecule has 0 aliphatic rings. The molecular weight excluding hydrogens is 402 g/mol. The molecule has 0 aromatic heterocycles. The van der Waals surface area contributed by atoms with Gasteiger partial charge in [0, 0.05) is 23.9 Å². The lowest BCUT2D eigenvalue weighted by Gasteiger charge is -2.37. The summed E-state index contributed by atoms with van der Waals surface area (Å²) in [4.78, 5) is 1.36. The third-order valence-corrected chi connectivity index (χ3v) is 11.4. The molecule has 0 aliphatic carbocycles. The van der Waals surface area contributed by atoms with Gasteiger partial charge in [-0.25, -0.2) is 0 Å². The monoisotopic (exact) mass is 441 g/mol. The van der Waals surface area contributed by atoms with Crippen LogP contribution in [0.2, 0.25) is 18.1 Å². The van der Waals surface area contributed by atoms with E-state index < -0.39 is 8.32 Å². The normalized spacial score (nSPS) is 14.2. The number of hydrogen-bond acceptors (Lipinski definition) is 3. The SMILES string of the molecule is CCS/C(CC(NCc1ccccc1)c1ccccc1)=C(/C)O[Si](C)(C)C(C)(C)C. The topological polar surface area (TPSA) is 21.3 Å². The van der Waals surface area contributed by atoms with Crippen molar-refractivity contribution in [3.8, 4) is 0 Å². The van der Waals surface area contributed by atoms with Gasteiger partial charge in [-0.15, -0.1) is 11.8 Å². The molecule has 2 aromatic carbocycles. The van der Waals surface area contributed by atoms with Crippen LogP contribution in [0.4, 0.5) is 0 Å². The Bertz CT molecular complexity index is 797. The Morgan fingerprint density at radius 1 is 1.00 bits per heavy atom. The highest BCUT2D eigenvalue weighted by Crippen LogP contribution is 2.40. The molecule has 0 spiro atoms. The first-order valence-electron chi connectivity index (χ1n) is 11.0. The van der Waals surface area contributed by atoms with Gasteiger partial charge in [-0.05, 0) is 41.9 Å². The van der Waals surface area contributed by atoms with Crippen LogP contribution in [0, 0.1) is 0 Å². The minimum Gasteiger partial charge on any atom is -0.546 e. The molecule has 1 atom stereocenters. The van der Waals surface area contributed by atoms with Crippen LogP contribution in [-0.2, 0) is 11.0 Å². The first-order chi connectivity index (χ1) is 14.1. The van der Waals surface area contributed by atoms with E-state index in [2.05, 4.69) is 114 Å². The summed E-state index contributed by atoms with van der Waals surface area (Å²) in [6.07, 6.45) is 0.940. The molecule has 2 aromatic rings. The van der Waals surface area contributed by atoms with E-state index in [1.54, 1.807) is 0 Å². The summed E-state index contributed by atoms with van der Waals surface area (Å²) >= 11 is 1.92. The summed E-state index contributed by atoms with van der Waals surface area (Å²) in [6, 6.07) is 21.7. The molecule has 0 fully saturated rings. The van der Waals surface area contributed by atoms with Crippen LogP contribution in [-0.4, -0.2) is 14.1 Å². The van der Waals surface area contributed by atoms with E-state index in [1.165, 1.54) is 16.0 Å². The van der Waals surface area contributed by atoms with E-state index >= 15 is 0 Å². The zero-order chi connectivity index (χ0) is 22.2. The second-order valence-electron chi connectivity index (χ2n) is 9.31. The maximum absolute atomic E-state index is 6.69. The fourth-order valence-corrected chi connectivity index (χ4v) is 5.23. The van der Waals surface area contributed by atoms with E-state index in [4.69, 9.17) is 4.43 Å². The summed E-state index contributed by atoms with van der Waals surface area (Å²) in [5.74, 6) is 2.16. The van der Waals surface area contributed by atoms with Gasteiger partial charge < -0.3 is 9.74 Å². The van der Waals surface area contributed by atoms with Gasteiger partial charge in [0.1, 0.15) is 0 Å². The highest BCUT2D eigenvalue weighted by Gasteiger charge is 2.39. The minimum absolute atomic E-state index is 0.195. The first-order valence-corrected chi connectivity index (χ1v) is 14.9. The minimum atomic E-state index is -1.85. The molecule has 0 bridgehead atoms. The average molecular weight is 442 g/mol. The zero-order valence-corrected chi connectivity index (χ0v) is 21.6. The summed E-state index contributed by atoms with van der Waals surface area (Å²) in [5.41, 5.74) is 2.63. The molecule has 0 saturated carbocycles. The largest absolute Gasteiger partial charge is 0.546 e. The summed E-state index contributed by atoms with van der Waals surface area (Å²) in [6.45, 7) is 16.8. The molecular formula is C26H39NOSSi. The Hall–Kier alpha value is -1.49. The number of benzene rings is 2. The van der Waals surface area contributed by atoms with Crippen LogP contribution in [0.25, 0.3) is 0 Å². The molecule has 4 heteroatoms. The Balaban J connectivity index is 2.26. The highest BCUT2D eigenvalue weighted by molar-refractivity contribution is 8.03. The van der Waals surface area contributed by atoms with Gasteiger partial charge in [0.25, 0.3) is 0 Å². The van der Waals surface area contributed by atoms with Crippen molar-refractivity contribution in [2.45, 2.75) is 71.8 Å². The molecule has 1 unspecified atom stereocenters. The van der Waals surface area contributed by atoms with Crippen molar-refractivity contribution in [1.29, 1.82) is 0 Å². The highest BCUT2D eigenvalue weighted by atomic mass is 32.2. The lowest BCUT2D eigenvalue weighted by Crippen LogP contribution is -2.40. The van der Waals surface area contributed by atoms with E-state index in [1.807, 2.05) is 11.8 Å². The van der Waals surface area contributed by atoms with Crippen molar-refractivity contribution in [2.75, 3.05) is 5.75 Å². The fraction of sp³-hybridized carbons (Fsp3) is 0.462. The van der Waals surface area contributed by atoms with E-state index in [9.17, 15) is 0 Å². The van der Waals surface area contributed by atoms with Gasteiger partial charge in [0.15, 0.2) is 0 Å². The van der Waals surface area contributed by atoms with Gasteiger partial charge in [-0.3, -0.25) is 0 Å². The van der Waals surface area contributed by atoms with Crippen molar-refractivity contribution in [3.63, 3.8) is 0 Å². The number of nitrogens with one attached hydrogen (secondary N) is 1. The smallest absolute Gasteiger partial charge is 0.250 e. The maximum Gasteiger partial charge on any atom is 0.250 e. The predicted octanol–water partition coefficient (Wildman–Crippen LogP) is 7.91. The molecule has 30 heavy (non-hydrogen) atoms. The number of thioether (sulfide) groups is 1. The van der Waals surface area contributed by atoms with Crippen molar-refractivity contribution in [3.05, 3.63) is 82.5 Å². The molecule has 164 valence electrons. The summed E-state index contributed by atoms with van der Waals surface area (Å²) < 4.78 is 6.69. The van der Waals surface area contributed by atoms with Crippen LogP contribution < -0.4 is 5.32 Å². The standard InChI is InChI=1S/C26H39NOSSi/c1-8-29-25(21(2)28-30(6,7)26(3,4)5)19-24(23-17-13-10-14-18-23)27-20-22-15-11-9-12-16-22/h9-18,24,27H,8,19-20H2,1-7H3/b25-21-. The second kappa shape index (κ2) is 11.2. The molecule has 2 nitrogen and oxygen atoms in total. The second-order valence-corrected chi connectivity index (χ2v) is 15.4. The van der Waals surface area contributed by atoms with Crippen molar-refractivity contribution in [1.82, 2.24) is 5.32 Å². The van der Waals surface area contributed by atoms with E-state index in [-0.39, 0.29) is 11.1 Å². The Morgan fingerprint density at radius 2 is 1.57 bits per heavy atom. The Labute approximate surface area is 189 Å². The molecule has 0 saturated heterocycles. The lowest BCUT2D eigenvalue weighted by atomic mass is 10.0. The maximum atomic E-state index is 6.69. The Morgan fingerprint density at radius 3 is 2.10 bits per heavy atom. The van der Waals surface area contributed by atoms with Crippen molar-refractivity contribution < 1.29 is 4.43 Å². The number of rotatable bonds is 10. The van der Waals surface area contributed by atoms with Gasteiger partial charge >= 0.3 is 0 Å². The van der Waals surface area contributed by atoms with Crippen molar-refractivity contribution in [2.24, 2.45) is 0 Å². The van der Waals surface area contributed by atoms with Gasteiger partial charge in [0.2, 0.25) is 8.32 Å². The third-order valence-electron chi connectivity index (χ3n) is 5.91. The molecule has 0 amide bonds. The van der Waals surface area contributed by atoms with Crippen LogP contribution in [0.15, 0.2) is 71.3 Å². The lowest BCUT2D eigenvalue weighted by molar-refractivity contribution is 0.380. The summed E-state index contributed by atoms with van der Waals surface area (Å²) in [7, 11) is -1.85. The third kappa shape index (κ3) is 7.33. The molecule has 0 radical (unpaired) electrons. The number of hydrogen-bond donors (Lipinski definition) is 1. The first kappa shape index (κ1) is 24.8. The predicted molar refractivity (Wildman–Crippen MR) is 136 cm³/mol. The molecule has 1 N–H and O–H groups in total. The van der Waals surface area contributed by atoms with Crippen molar-refractivity contribution >= 4 is 20.1 Å². The van der Waals surface area contributed by atoms with Crippen LogP contribution >= 0.6 is 11.8 Å². The molecule has 2 rings (SSSR count). The van der Waals surface area contributed by atoms with Crippen LogP contribution in [0.3, 0.4) is 0 Å². The average Bonchev–Trinajstić information content (AvgIpc) is 2.70. The molecule has 0 heterocycles. The molecule has 0 aliphatic heterocycles. The zero-order valence-electron chi connectivity index (χ0n) is 19.8. The summed E-state index contributed by atoms with van der Waals surface area (Å²) in [5, 5.41) is 3.99. The van der Waals surface area contributed by atoms with Gasteiger partial charge in [-0.1, -0.05) is 88.4 Å². The van der Waals surface area contributed by atoms with Gasteiger partial charge in [0.05, 0.1) is 5.76 Å². The van der Waals surface area contributed by atoms with Crippen LogP contribution in [0.1, 0.15) is 58.2 Å².